The predicted molar refractivity (Wildman–Crippen MR) is 102 cm³/mol. The molecule has 25 heavy (non-hydrogen) atoms. The maximum Gasteiger partial charge on any atom is 0.251 e. The summed E-state index contributed by atoms with van der Waals surface area (Å²) in [6.07, 6.45) is 1.18. The zero-order chi connectivity index (χ0) is 18.0. The quantitative estimate of drug-likeness (QED) is 0.681. The van der Waals surface area contributed by atoms with Gasteiger partial charge in [0.15, 0.2) is 0 Å². The lowest BCUT2D eigenvalue weighted by Gasteiger charge is -2.12. The molecule has 0 bridgehead atoms. The number of H-pyrrole nitrogens is 1. The lowest BCUT2D eigenvalue weighted by atomic mass is 9.92. The Morgan fingerprint density at radius 3 is 2.48 bits per heavy atom. The number of pyridine rings is 1. The van der Waals surface area contributed by atoms with Gasteiger partial charge < -0.3 is 4.98 Å². The number of aromatic nitrogens is 1. The lowest BCUT2D eigenvalue weighted by Crippen LogP contribution is -2.11. The van der Waals surface area contributed by atoms with Gasteiger partial charge in [0.2, 0.25) is 0 Å². The van der Waals surface area contributed by atoms with Gasteiger partial charge in [-0.3, -0.25) is 4.79 Å². The van der Waals surface area contributed by atoms with Crippen LogP contribution in [0.1, 0.15) is 29.5 Å². The van der Waals surface area contributed by atoms with E-state index < -0.39 is 0 Å². The summed E-state index contributed by atoms with van der Waals surface area (Å²) in [7, 11) is 0. The number of fused-ring (bicyclic) bond motifs is 1. The van der Waals surface area contributed by atoms with E-state index in [1.165, 1.54) is 0 Å². The number of nitrogens with one attached hydrogen (secondary N) is 1. The Morgan fingerprint density at radius 1 is 1.12 bits per heavy atom. The summed E-state index contributed by atoms with van der Waals surface area (Å²) in [5.41, 5.74) is 3.17. The van der Waals surface area contributed by atoms with Gasteiger partial charge in [0.1, 0.15) is 0 Å². The molecule has 1 heterocycles. The van der Waals surface area contributed by atoms with E-state index in [1.807, 2.05) is 43.3 Å². The molecule has 0 aliphatic heterocycles. The van der Waals surface area contributed by atoms with Crippen molar-refractivity contribution in [3.63, 3.8) is 0 Å². The van der Waals surface area contributed by atoms with E-state index in [1.54, 1.807) is 6.07 Å². The Morgan fingerprint density at radius 2 is 1.84 bits per heavy atom. The van der Waals surface area contributed by atoms with Crippen molar-refractivity contribution >= 4 is 34.1 Å². The normalized spacial score (nSPS) is 12.1. The van der Waals surface area contributed by atoms with Crippen LogP contribution in [0.15, 0.2) is 47.3 Å². The predicted octanol–water partition coefficient (Wildman–Crippen LogP) is 5.25. The van der Waals surface area contributed by atoms with Crippen LogP contribution in [-0.2, 0) is 12.8 Å². The van der Waals surface area contributed by atoms with E-state index in [9.17, 15) is 10.1 Å². The highest BCUT2D eigenvalue weighted by atomic mass is 35.5. The molecular formula is C20H16Cl2N2O. The Hall–Kier alpha value is -2.28. The molecule has 3 rings (SSSR count). The molecule has 0 spiro atoms. The van der Waals surface area contributed by atoms with E-state index in [0.717, 1.165) is 27.6 Å². The van der Waals surface area contributed by atoms with Crippen LogP contribution in [0.3, 0.4) is 0 Å². The molecule has 0 saturated heterocycles. The minimum absolute atomic E-state index is 0.0812. The number of hydrogen-bond acceptors (Lipinski definition) is 2. The van der Waals surface area contributed by atoms with Crippen LogP contribution >= 0.6 is 23.2 Å². The van der Waals surface area contributed by atoms with Crippen LogP contribution in [0.25, 0.3) is 10.9 Å². The third-order valence-electron chi connectivity index (χ3n) is 4.25. The lowest BCUT2D eigenvalue weighted by molar-refractivity contribution is 0.850. The number of aromatic amines is 1. The summed E-state index contributed by atoms with van der Waals surface area (Å²) in [5.74, 6) is -0.353. The van der Waals surface area contributed by atoms with Gasteiger partial charge in [0, 0.05) is 21.1 Å². The summed E-state index contributed by atoms with van der Waals surface area (Å²) in [4.78, 5) is 14.9. The number of halogens is 2. The minimum atomic E-state index is -0.353. The van der Waals surface area contributed by atoms with Gasteiger partial charge in [-0.05, 0) is 59.7 Å². The molecule has 0 saturated carbocycles. The zero-order valence-corrected chi connectivity index (χ0v) is 15.2. The van der Waals surface area contributed by atoms with E-state index in [0.29, 0.717) is 22.9 Å². The highest BCUT2D eigenvalue weighted by Crippen LogP contribution is 2.26. The zero-order valence-electron chi connectivity index (χ0n) is 13.6. The number of nitrogens with zero attached hydrogens (tertiary/aromatic N) is 1. The molecule has 1 unspecified atom stereocenters. The highest BCUT2D eigenvalue weighted by Gasteiger charge is 2.14. The Bertz CT molecular complexity index is 1010. The van der Waals surface area contributed by atoms with Gasteiger partial charge in [-0.15, -0.1) is 0 Å². The Labute approximate surface area is 155 Å². The molecule has 3 nitrogen and oxygen atoms in total. The van der Waals surface area contributed by atoms with Crippen LogP contribution in [0.4, 0.5) is 0 Å². The second-order valence-electron chi connectivity index (χ2n) is 5.99. The molecule has 0 amide bonds. The molecule has 1 atom stereocenters. The third kappa shape index (κ3) is 3.87. The van der Waals surface area contributed by atoms with Crippen molar-refractivity contribution in [2.45, 2.75) is 25.7 Å². The molecule has 126 valence electrons. The smallest absolute Gasteiger partial charge is 0.251 e. The maximum atomic E-state index is 12.0. The summed E-state index contributed by atoms with van der Waals surface area (Å²) in [6, 6.07) is 15.3. The van der Waals surface area contributed by atoms with Crippen molar-refractivity contribution < 1.29 is 0 Å². The number of hydrogen-bond donors (Lipinski definition) is 1. The average molecular weight is 371 g/mol. The fourth-order valence-corrected chi connectivity index (χ4v) is 3.52. The van der Waals surface area contributed by atoms with Crippen molar-refractivity contribution in [3.05, 3.63) is 79.6 Å². The first kappa shape index (κ1) is 17.5. The molecule has 0 radical (unpaired) electrons. The molecule has 1 aromatic heterocycles. The standard InChI is InChI=1S/C20H16Cl2N2O/c1-2-13-8-15-4-3-14(9-19(15)24-20(13)25)16(11-23)5-12-6-17(21)10-18(22)7-12/h3-4,6-10,16H,2,5H2,1H3,(H,24,25). The third-order valence-corrected chi connectivity index (χ3v) is 4.68. The van der Waals surface area contributed by atoms with Crippen molar-refractivity contribution in [3.8, 4) is 6.07 Å². The van der Waals surface area contributed by atoms with Crippen LogP contribution in [-0.4, -0.2) is 4.98 Å². The molecule has 2 aromatic carbocycles. The van der Waals surface area contributed by atoms with Crippen molar-refractivity contribution in [2.75, 3.05) is 0 Å². The summed E-state index contributed by atoms with van der Waals surface area (Å²) in [6.45, 7) is 1.95. The first-order valence-corrected chi connectivity index (χ1v) is 8.76. The average Bonchev–Trinajstić information content (AvgIpc) is 2.57. The van der Waals surface area contributed by atoms with E-state index in [4.69, 9.17) is 23.2 Å². The fraction of sp³-hybridized carbons (Fsp3) is 0.200. The summed E-state index contributed by atoms with van der Waals surface area (Å²) >= 11 is 12.1. The van der Waals surface area contributed by atoms with Crippen LogP contribution < -0.4 is 5.56 Å². The Kier molecular flexibility index (Phi) is 5.13. The molecule has 3 aromatic rings. The maximum absolute atomic E-state index is 12.0. The van der Waals surface area contributed by atoms with Crippen molar-refractivity contribution in [1.29, 1.82) is 5.26 Å². The van der Waals surface area contributed by atoms with Crippen LogP contribution in [0.2, 0.25) is 10.0 Å². The minimum Gasteiger partial charge on any atom is -0.322 e. The first-order valence-electron chi connectivity index (χ1n) is 8.00. The van der Waals surface area contributed by atoms with Gasteiger partial charge >= 0.3 is 0 Å². The number of aryl methyl sites for hydroxylation is 1. The topological polar surface area (TPSA) is 56.6 Å². The molecule has 1 N–H and O–H groups in total. The Balaban J connectivity index is 1.98. The highest BCUT2D eigenvalue weighted by molar-refractivity contribution is 6.34. The van der Waals surface area contributed by atoms with Crippen molar-refractivity contribution in [2.24, 2.45) is 0 Å². The number of rotatable bonds is 4. The second kappa shape index (κ2) is 7.31. The molecular weight excluding hydrogens is 355 g/mol. The van der Waals surface area contributed by atoms with E-state index in [-0.39, 0.29) is 11.5 Å². The van der Waals surface area contributed by atoms with Crippen LogP contribution in [0, 0.1) is 11.3 Å². The van der Waals surface area contributed by atoms with Crippen LogP contribution in [0.5, 0.6) is 0 Å². The number of nitriles is 1. The number of benzene rings is 2. The summed E-state index contributed by atoms with van der Waals surface area (Å²) < 4.78 is 0. The summed E-state index contributed by atoms with van der Waals surface area (Å²) in [5, 5.41) is 11.7. The van der Waals surface area contributed by atoms with E-state index >= 15 is 0 Å². The van der Waals surface area contributed by atoms with Gasteiger partial charge in [-0.25, -0.2) is 0 Å². The molecule has 0 aliphatic rings. The first-order chi connectivity index (χ1) is 12.0. The van der Waals surface area contributed by atoms with Gasteiger partial charge in [0.25, 0.3) is 5.56 Å². The largest absolute Gasteiger partial charge is 0.322 e. The second-order valence-corrected chi connectivity index (χ2v) is 6.86. The van der Waals surface area contributed by atoms with Gasteiger partial charge in [-0.2, -0.15) is 5.26 Å². The molecule has 0 fully saturated rings. The van der Waals surface area contributed by atoms with Gasteiger partial charge in [-0.1, -0.05) is 42.3 Å². The monoisotopic (exact) mass is 370 g/mol. The molecule has 5 heteroatoms. The van der Waals surface area contributed by atoms with Gasteiger partial charge in [0.05, 0.1) is 12.0 Å². The fourth-order valence-electron chi connectivity index (χ4n) is 2.95. The van der Waals surface area contributed by atoms with Crippen molar-refractivity contribution in [1.82, 2.24) is 4.98 Å². The molecule has 0 aliphatic carbocycles. The SMILES string of the molecule is CCc1cc2ccc(C(C#N)Cc3cc(Cl)cc(Cl)c3)cc2[nH]c1=O. The van der Waals surface area contributed by atoms with E-state index in [2.05, 4.69) is 11.1 Å².